The summed E-state index contributed by atoms with van der Waals surface area (Å²) in [6.07, 6.45) is 0.255. The summed E-state index contributed by atoms with van der Waals surface area (Å²) in [6.45, 7) is 2.91. The Hall–Kier alpha value is -2.26. The summed E-state index contributed by atoms with van der Waals surface area (Å²) in [6, 6.07) is 5.72. The number of hydrogen-bond donors (Lipinski definition) is 3. The largest absolute Gasteiger partial charge is 0.355 e. The highest BCUT2D eigenvalue weighted by Gasteiger charge is 2.13. The Morgan fingerprint density at radius 2 is 1.58 bits per heavy atom. The molecule has 0 fully saturated rings. The van der Waals surface area contributed by atoms with Crippen LogP contribution < -0.4 is 15.4 Å². The number of nitrogens with one attached hydrogen (secondary N) is 3. The van der Waals surface area contributed by atoms with Gasteiger partial charge in [0.15, 0.2) is 0 Å². The Balaban J connectivity index is 2.45. The lowest BCUT2D eigenvalue weighted by Crippen LogP contribution is -2.34. The minimum absolute atomic E-state index is 0.0294. The molecule has 0 saturated carbocycles. The third kappa shape index (κ3) is 7.34. The van der Waals surface area contributed by atoms with Crippen molar-refractivity contribution in [1.82, 2.24) is 10.0 Å². The molecule has 8 nitrogen and oxygen atoms in total. The molecule has 0 unspecified atom stereocenters. The van der Waals surface area contributed by atoms with Crippen LogP contribution in [0.15, 0.2) is 29.2 Å². The van der Waals surface area contributed by atoms with Crippen molar-refractivity contribution in [2.24, 2.45) is 0 Å². The van der Waals surface area contributed by atoms with Crippen LogP contribution in [0.25, 0.3) is 0 Å². The van der Waals surface area contributed by atoms with Crippen molar-refractivity contribution in [3.05, 3.63) is 24.3 Å². The summed E-state index contributed by atoms with van der Waals surface area (Å²) in [4.78, 5) is 33.1. The predicted octanol–water partition coefficient (Wildman–Crippen LogP) is 0.409. The monoisotopic (exact) mass is 355 g/mol. The Morgan fingerprint density at radius 3 is 2.12 bits per heavy atom. The molecule has 1 aromatic carbocycles. The van der Waals surface area contributed by atoms with E-state index in [0.717, 1.165) is 0 Å². The van der Waals surface area contributed by atoms with Gasteiger partial charge in [0.05, 0.1) is 4.90 Å². The molecule has 24 heavy (non-hydrogen) atoms. The summed E-state index contributed by atoms with van der Waals surface area (Å²) in [5.74, 6) is -0.623. The molecule has 0 aliphatic rings. The average Bonchev–Trinajstić information content (AvgIpc) is 2.49. The Labute approximate surface area is 141 Å². The van der Waals surface area contributed by atoms with Crippen molar-refractivity contribution in [3.63, 3.8) is 0 Å². The van der Waals surface area contributed by atoms with Crippen molar-refractivity contribution in [2.45, 2.75) is 31.6 Å². The highest BCUT2D eigenvalue weighted by molar-refractivity contribution is 7.89. The van der Waals surface area contributed by atoms with E-state index in [2.05, 4.69) is 15.4 Å². The van der Waals surface area contributed by atoms with Gasteiger partial charge in [0.1, 0.15) is 5.78 Å². The van der Waals surface area contributed by atoms with E-state index >= 15 is 0 Å². The van der Waals surface area contributed by atoms with Crippen molar-refractivity contribution in [1.29, 1.82) is 0 Å². The van der Waals surface area contributed by atoms with E-state index in [0.29, 0.717) is 5.69 Å². The third-order valence-corrected chi connectivity index (χ3v) is 4.41. The third-order valence-electron chi connectivity index (χ3n) is 2.93. The molecule has 2 amide bonds. The second kappa shape index (κ2) is 9.14. The zero-order valence-electron chi connectivity index (χ0n) is 13.6. The van der Waals surface area contributed by atoms with E-state index < -0.39 is 10.0 Å². The highest BCUT2D eigenvalue weighted by atomic mass is 32.2. The SMILES string of the molecule is CC(=O)CCC(=O)NCCNS(=O)(=O)c1ccc(NC(C)=O)cc1. The van der Waals surface area contributed by atoms with Gasteiger partial charge >= 0.3 is 0 Å². The molecule has 0 aliphatic heterocycles. The quantitative estimate of drug-likeness (QED) is 0.554. The van der Waals surface area contributed by atoms with E-state index in [1.165, 1.54) is 38.1 Å². The van der Waals surface area contributed by atoms with Gasteiger partial charge in [0.2, 0.25) is 21.8 Å². The number of benzene rings is 1. The maximum absolute atomic E-state index is 12.1. The topological polar surface area (TPSA) is 121 Å². The number of amides is 2. The van der Waals surface area contributed by atoms with Crippen LogP contribution in [0.1, 0.15) is 26.7 Å². The van der Waals surface area contributed by atoms with Crippen LogP contribution >= 0.6 is 0 Å². The number of ketones is 1. The van der Waals surface area contributed by atoms with Crippen LogP contribution in [0.4, 0.5) is 5.69 Å². The Morgan fingerprint density at radius 1 is 0.958 bits per heavy atom. The van der Waals surface area contributed by atoms with E-state index in [4.69, 9.17) is 0 Å². The number of hydrogen-bond acceptors (Lipinski definition) is 5. The van der Waals surface area contributed by atoms with Crippen molar-refractivity contribution in [2.75, 3.05) is 18.4 Å². The van der Waals surface area contributed by atoms with Gasteiger partial charge in [-0.25, -0.2) is 13.1 Å². The molecule has 0 spiro atoms. The van der Waals surface area contributed by atoms with Crippen LogP contribution in [-0.2, 0) is 24.4 Å². The fourth-order valence-corrected chi connectivity index (χ4v) is 2.80. The minimum atomic E-state index is -3.70. The number of anilines is 1. The van der Waals surface area contributed by atoms with Crippen LogP contribution in [0.2, 0.25) is 0 Å². The number of carbonyl (C=O) groups excluding carboxylic acids is 3. The lowest BCUT2D eigenvalue weighted by atomic mass is 10.2. The maximum atomic E-state index is 12.1. The van der Waals surface area contributed by atoms with Gasteiger partial charge in [-0.1, -0.05) is 0 Å². The van der Waals surface area contributed by atoms with Gasteiger partial charge in [-0.2, -0.15) is 0 Å². The van der Waals surface area contributed by atoms with Gasteiger partial charge < -0.3 is 15.4 Å². The van der Waals surface area contributed by atoms with E-state index in [1.807, 2.05) is 0 Å². The van der Waals surface area contributed by atoms with Crippen molar-refractivity contribution in [3.8, 4) is 0 Å². The first kappa shape index (κ1) is 19.8. The zero-order valence-corrected chi connectivity index (χ0v) is 14.4. The highest BCUT2D eigenvalue weighted by Crippen LogP contribution is 2.13. The molecule has 0 heterocycles. The molecule has 0 saturated heterocycles. The lowest BCUT2D eigenvalue weighted by molar-refractivity contribution is -0.124. The molecule has 0 atom stereocenters. The van der Waals surface area contributed by atoms with Crippen molar-refractivity contribution < 1.29 is 22.8 Å². The molecule has 1 aromatic rings. The summed E-state index contributed by atoms with van der Waals surface area (Å²) in [5, 5.41) is 5.07. The maximum Gasteiger partial charge on any atom is 0.240 e. The molecule has 0 aliphatic carbocycles. The van der Waals surface area contributed by atoms with Crippen LogP contribution in [-0.4, -0.2) is 39.1 Å². The zero-order chi connectivity index (χ0) is 18.2. The second-order valence-corrected chi connectivity index (χ2v) is 6.92. The average molecular weight is 355 g/mol. The Kier molecular flexibility index (Phi) is 7.53. The first-order chi connectivity index (χ1) is 11.2. The van der Waals surface area contributed by atoms with E-state index in [1.54, 1.807) is 0 Å². The van der Waals surface area contributed by atoms with E-state index in [-0.39, 0.29) is 48.4 Å². The standard InChI is InChI=1S/C15H21N3O5S/c1-11(19)3-8-15(21)16-9-10-17-24(22,23)14-6-4-13(5-7-14)18-12(2)20/h4-7,17H,3,8-10H2,1-2H3,(H,16,21)(H,18,20). The van der Waals surface area contributed by atoms with Gasteiger partial charge in [-0.15, -0.1) is 0 Å². The van der Waals surface area contributed by atoms with Gasteiger partial charge in [-0.05, 0) is 31.2 Å². The van der Waals surface area contributed by atoms with Crippen LogP contribution in [0.3, 0.4) is 0 Å². The molecule has 9 heteroatoms. The predicted molar refractivity (Wildman–Crippen MR) is 88.9 cm³/mol. The Bertz CT molecular complexity index is 698. The van der Waals surface area contributed by atoms with Crippen LogP contribution in [0, 0.1) is 0 Å². The van der Waals surface area contributed by atoms with Gasteiger partial charge in [-0.3, -0.25) is 9.59 Å². The fraction of sp³-hybridized carbons (Fsp3) is 0.400. The molecule has 0 bridgehead atoms. The van der Waals surface area contributed by atoms with Crippen LogP contribution in [0.5, 0.6) is 0 Å². The minimum Gasteiger partial charge on any atom is -0.355 e. The lowest BCUT2D eigenvalue weighted by Gasteiger charge is -2.09. The summed E-state index contributed by atoms with van der Waals surface area (Å²) < 4.78 is 26.5. The molecule has 1 rings (SSSR count). The summed E-state index contributed by atoms with van der Waals surface area (Å²) >= 11 is 0. The van der Waals surface area contributed by atoms with Gasteiger partial charge in [0, 0.05) is 38.5 Å². The summed E-state index contributed by atoms with van der Waals surface area (Å²) in [7, 11) is -3.70. The first-order valence-electron chi connectivity index (χ1n) is 7.34. The second-order valence-electron chi connectivity index (χ2n) is 5.16. The number of rotatable bonds is 9. The molecule has 3 N–H and O–H groups in total. The smallest absolute Gasteiger partial charge is 0.240 e. The fourth-order valence-electron chi connectivity index (χ4n) is 1.77. The number of carbonyl (C=O) groups is 3. The molecular weight excluding hydrogens is 334 g/mol. The molecule has 0 radical (unpaired) electrons. The summed E-state index contributed by atoms with van der Waals surface area (Å²) in [5.41, 5.74) is 0.499. The molecular formula is C15H21N3O5S. The van der Waals surface area contributed by atoms with Gasteiger partial charge in [0.25, 0.3) is 0 Å². The normalized spacial score (nSPS) is 10.9. The number of Topliss-reactive ketones (excluding diaryl/α,β-unsaturated/α-hetero) is 1. The number of sulfonamides is 1. The van der Waals surface area contributed by atoms with Crippen molar-refractivity contribution >= 4 is 33.3 Å². The van der Waals surface area contributed by atoms with E-state index in [9.17, 15) is 22.8 Å². The molecule has 0 aromatic heterocycles. The molecule has 132 valence electrons. The first-order valence-corrected chi connectivity index (χ1v) is 8.82.